The number of aryl methyl sites for hydroxylation is 1. The zero-order chi connectivity index (χ0) is 17.0. The molecule has 1 aromatic rings. The Morgan fingerprint density at radius 1 is 1.29 bits per heavy atom. The molecular weight excluding hydrogens is 326 g/mol. The van der Waals surface area contributed by atoms with Crippen molar-refractivity contribution in [2.75, 3.05) is 12.8 Å². The molecule has 0 spiro atoms. The number of hydrogen-bond acceptors (Lipinski definition) is 7. The molecule has 0 aliphatic heterocycles. The molecule has 0 saturated heterocycles. The molecule has 0 aliphatic rings. The third-order valence-corrected chi connectivity index (χ3v) is 3.39. The van der Waals surface area contributed by atoms with E-state index < -0.39 is 26.0 Å². The second-order valence-electron chi connectivity index (χ2n) is 4.13. The Balaban J connectivity index is 0.000000690. The average Bonchev–Trinajstić information content (AvgIpc) is 2.26. The zero-order valence-corrected chi connectivity index (χ0v) is 13.2. The van der Waals surface area contributed by atoms with Gasteiger partial charge in [-0.15, -0.1) is 0 Å². The van der Waals surface area contributed by atoms with E-state index in [1.807, 2.05) is 0 Å². The monoisotopic (exact) mass is 343 g/mol. The smallest absolute Gasteiger partial charge is 0.394 e. The quantitative estimate of drug-likeness (QED) is 0.282. The third-order valence-electron chi connectivity index (χ3n) is 2.44. The minimum Gasteiger partial charge on any atom is -0.495 e. The van der Waals surface area contributed by atoms with Crippen LogP contribution in [0.3, 0.4) is 0 Å². The molecule has 5 N–H and O–H groups in total. The minimum absolute atomic E-state index is 0.273. The summed E-state index contributed by atoms with van der Waals surface area (Å²) in [6, 6.07) is 3.01. The first-order chi connectivity index (χ1) is 9.30. The van der Waals surface area contributed by atoms with Gasteiger partial charge in [0.05, 0.1) is 12.8 Å². The Labute approximate surface area is 123 Å². The lowest BCUT2D eigenvalue weighted by Gasteiger charge is -2.20. The fourth-order valence-corrected chi connectivity index (χ4v) is 1.93. The number of nitrogen functional groups attached to an aromatic ring is 1. The Bertz CT molecular complexity index is 663. The number of nitrogens with two attached hydrogens (primary N) is 1. The van der Waals surface area contributed by atoms with Crippen LogP contribution in [0, 0.1) is 6.92 Å². The molecule has 0 bridgehead atoms. The minimum atomic E-state index is -4.67. The van der Waals surface area contributed by atoms with Gasteiger partial charge in [0.2, 0.25) is 0 Å². The van der Waals surface area contributed by atoms with Crippen LogP contribution >= 0.6 is 0 Å². The average molecular weight is 343 g/mol. The molecule has 1 unspecified atom stereocenters. The Hall–Kier alpha value is -1.40. The van der Waals surface area contributed by atoms with Gasteiger partial charge in [-0.1, -0.05) is 0 Å². The third kappa shape index (κ3) is 6.27. The summed E-state index contributed by atoms with van der Waals surface area (Å²) in [5.41, 5.74) is 6.94. The summed E-state index contributed by atoms with van der Waals surface area (Å²) in [6.45, 7) is 2.90. The van der Waals surface area contributed by atoms with Gasteiger partial charge in [-0.3, -0.25) is 9.11 Å². The van der Waals surface area contributed by atoms with Crippen molar-refractivity contribution in [2.45, 2.75) is 18.8 Å². The van der Waals surface area contributed by atoms with Crippen molar-refractivity contribution < 1.29 is 35.8 Å². The van der Waals surface area contributed by atoms with E-state index in [0.717, 1.165) is 0 Å². The molecule has 0 heterocycles. The van der Waals surface area contributed by atoms with Crippen LogP contribution in [0.15, 0.2) is 12.1 Å². The van der Waals surface area contributed by atoms with Crippen molar-refractivity contribution in [1.82, 2.24) is 0 Å². The Kier molecular flexibility index (Phi) is 6.57. The maximum atomic E-state index is 11.0. The number of methoxy groups -OCH3 is 1. The van der Waals surface area contributed by atoms with Crippen molar-refractivity contribution >= 4 is 26.8 Å². The second-order valence-corrected chi connectivity index (χ2v) is 6.42. The van der Waals surface area contributed by atoms with Gasteiger partial charge in [-0.05, 0) is 31.5 Å². The molecule has 0 fully saturated rings. The van der Waals surface area contributed by atoms with Gasteiger partial charge in [0.1, 0.15) is 5.75 Å². The van der Waals surface area contributed by atoms with Gasteiger partial charge in [0, 0.05) is 5.56 Å². The molecule has 11 heteroatoms. The fourth-order valence-electron chi connectivity index (χ4n) is 1.50. The summed E-state index contributed by atoms with van der Waals surface area (Å²) in [5, 5.41) is 9.86. The number of benzene rings is 1. The van der Waals surface area contributed by atoms with Gasteiger partial charge < -0.3 is 15.6 Å². The van der Waals surface area contributed by atoms with Crippen LogP contribution in [0.2, 0.25) is 0 Å². The molecule has 0 amide bonds. The van der Waals surface area contributed by atoms with E-state index in [0.29, 0.717) is 17.0 Å². The number of thiol groups is 1. The first-order valence-electron chi connectivity index (χ1n) is 5.32. The van der Waals surface area contributed by atoms with Crippen molar-refractivity contribution in [3.8, 4) is 5.75 Å². The van der Waals surface area contributed by atoms with Gasteiger partial charge in [0.15, 0.2) is 15.6 Å². The van der Waals surface area contributed by atoms with E-state index in [-0.39, 0.29) is 5.56 Å². The van der Waals surface area contributed by atoms with Crippen LogP contribution in [0.25, 0.3) is 0 Å². The molecule has 0 saturated carbocycles. The van der Waals surface area contributed by atoms with Gasteiger partial charge in [-0.2, -0.15) is 8.42 Å². The fraction of sp³-hybridized carbons (Fsp3) is 0.400. The maximum absolute atomic E-state index is 11.0. The van der Waals surface area contributed by atoms with Crippen LogP contribution in [0.5, 0.6) is 5.75 Å². The van der Waals surface area contributed by atoms with Crippen molar-refractivity contribution in [1.29, 1.82) is 0 Å². The lowest BCUT2D eigenvalue weighted by Crippen LogP contribution is -2.24. The highest BCUT2D eigenvalue weighted by atomic mass is 32.3. The van der Waals surface area contributed by atoms with Gasteiger partial charge >= 0.3 is 10.4 Å². The van der Waals surface area contributed by atoms with E-state index in [1.54, 1.807) is 13.0 Å². The van der Waals surface area contributed by atoms with E-state index in [1.165, 1.54) is 20.1 Å². The molecule has 0 aliphatic carbocycles. The van der Waals surface area contributed by atoms with Crippen LogP contribution in [-0.2, 0) is 26.0 Å². The highest BCUT2D eigenvalue weighted by Crippen LogP contribution is 2.32. The number of aliphatic hydroxyl groups is 1. The summed E-state index contributed by atoms with van der Waals surface area (Å²) in [5.74, 6) is 0.345. The summed E-state index contributed by atoms with van der Waals surface area (Å²) < 4.78 is 58.5. The van der Waals surface area contributed by atoms with E-state index >= 15 is 0 Å². The van der Waals surface area contributed by atoms with Gasteiger partial charge in [0.25, 0.3) is 0 Å². The molecule has 1 aromatic carbocycles. The van der Waals surface area contributed by atoms with Crippen LogP contribution in [-0.4, -0.2) is 38.2 Å². The van der Waals surface area contributed by atoms with E-state index in [9.17, 15) is 13.5 Å². The number of rotatable bonds is 3. The highest BCUT2D eigenvalue weighted by Gasteiger charge is 2.29. The topological polar surface area (TPSA) is 164 Å². The molecule has 1 rings (SSSR count). The van der Waals surface area contributed by atoms with Crippen LogP contribution in [0.4, 0.5) is 5.69 Å². The van der Waals surface area contributed by atoms with Crippen LogP contribution < -0.4 is 10.5 Å². The Morgan fingerprint density at radius 2 is 1.71 bits per heavy atom. The van der Waals surface area contributed by atoms with E-state index in [2.05, 4.69) is 0 Å². The van der Waals surface area contributed by atoms with Gasteiger partial charge in [-0.25, -0.2) is 8.42 Å². The first kappa shape index (κ1) is 19.6. The molecule has 9 nitrogen and oxygen atoms in total. The molecule has 0 aromatic heterocycles. The number of anilines is 1. The first-order valence-corrected chi connectivity index (χ1v) is 7.89. The van der Waals surface area contributed by atoms with Crippen LogP contribution in [0.1, 0.15) is 18.1 Å². The Morgan fingerprint density at radius 3 is 2.05 bits per heavy atom. The summed E-state index contributed by atoms with van der Waals surface area (Å²) in [7, 11) is -6.24. The second kappa shape index (κ2) is 7.04. The molecule has 21 heavy (non-hydrogen) atoms. The highest BCUT2D eigenvalue weighted by molar-refractivity contribution is 7.79. The largest absolute Gasteiger partial charge is 0.495 e. The SMILES string of the molecule is COc1cc(C(C)(O)[SH](=O)=O)c(C)cc1N.O=S(=O)(O)O. The molecule has 0 radical (unpaired) electrons. The van der Waals surface area contributed by atoms with Crippen molar-refractivity contribution in [3.05, 3.63) is 23.3 Å². The lowest BCUT2D eigenvalue weighted by molar-refractivity contribution is 0.148. The number of hydrogen-bond donors (Lipinski definition) is 5. The molecule has 122 valence electrons. The predicted molar refractivity (Wildman–Crippen MR) is 76.2 cm³/mol. The summed E-state index contributed by atoms with van der Waals surface area (Å²) >= 11 is 0. The predicted octanol–water partition coefficient (Wildman–Crippen LogP) is -0.291. The standard InChI is InChI=1S/C10H15NO4S.H2O4S/c1-6-4-8(11)9(15-3)5-7(6)10(2,12)16(13)14;1-5(2,3)4/h4-5,12,16H,11H2,1-3H3;(H2,1,2,3,4). The van der Waals surface area contributed by atoms with E-state index in [4.69, 9.17) is 28.0 Å². The lowest BCUT2D eigenvalue weighted by atomic mass is 10.0. The summed E-state index contributed by atoms with van der Waals surface area (Å²) in [6.07, 6.45) is 0. The van der Waals surface area contributed by atoms with Crippen molar-refractivity contribution in [3.63, 3.8) is 0 Å². The van der Waals surface area contributed by atoms with Crippen molar-refractivity contribution in [2.24, 2.45) is 0 Å². The zero-order valence-electron chi connectivity index (χ0n) is 11.5. The number of ether oxygens (including phenoxy) is 1. The summed E-state index contributed by atoms with van der Waals surface area (Å²) in [4.78, 5) is -1.92. The maximum Gasteiger partial charge on any atom is 0.394 e. The molecular formula is C10H17NO8S2. The molecule has 1 atom stereocenters. The normalized spacial score (nSPS) is 14.0.